The fourth-order valence-electron chi connectivity index (χ4n) is 2.57. The van der Waals surface area contributed by atoms with Gasteiger partial charge in [-0.1, -0.05) is 12.1 Å². The van der Waals surface area contributed by atoms with E-state index in [1.165, 1.54) is 5.56 Å². The van der Waals surface area contributed by atoms with Crippen molar-refractivity contribution in [1.29, 1.82) is 0 Å². The summed E-state index contributed by atoms with van der Waals surface area (Å²) in [4.78, 5) is 4.49. The van der Waals surface area contributed by atoms with Crippen molar-refractivity contribution in [2.45, 2.75) is 27.7 Å². The number of fused-ring (bicyclic) bond motifs is 1. The van der Waals surface area contributed by atoms with Crippen LogP contribution in [0.5, 0.6) is 0 Å². The smallest absolute Gasteiger partial charge is 0.140 e. The number of hydrogen-bond donors (Lipinski definition) is 0. The number of imidazole rings is 1. The average molecular weight is 268 g/mol. The summed E-state index contributed by atoms with van der Waals surface area (Å²) in [6.45, 7) is 7.73. The maximum atomic E-state index is 14.1. The molecule has 2 nitrogen and oxygen atoms in total. The summed E-state index contributed by atoms with van der Waals surface area (Å²) in [7, 11) is 0. The monoisotopic (exact) mass is 268 g/mol. The zero-order valence-corrected chi connectivity index (χ0v) is 12.2. The van der Waals surface area contributed by atoms with E-state index in [-0.39, 0.29) is 5.82 Å². The van der Waals surface area contributed by atoms with Crippen LogP contribution in [0, 0.1) is 33.5 Å². The first-order chi connectivity index (χ1) is 9.50. The Morgan fingerprint density at radius 3 is 2.45 bits per heavy atom. The summed E-state index contributed by atoms with van der Waals surface area (Å²) in [6.07, 6.45) is 3.82. The lowest BCUT2D eigenvalue weighted by molar-refractivity contribution is 0.610. The van der Waals surface area contributed by atoms with Crippen LogP contribution in [0.2, 0.25) is 0 Å². The van der Waals surface area contributed by atoms with E-state index in [1.54, 1.807) is 6.92 Å². The number of aromatic nitrogens is 2. The molecule has 0 amide bonds. The molecular weight excluding hydrogens is 251 g/mol. The highest BCUT2D eigenvalue weighted by Crippen LogP contribution is 2.28. The second-order valence-electron chi connectivity index (χ2n) is 5.33. The van der Waals surface area contributed by atoms with E-state index in [4.69, 9.17) is 0 Å². The lowest BCUT2D eigenvalue weighted by Crippen LogP contribution is -1.96. The first-order valence-electron chi connectivity index (χ1n) is 6.70. The minimum absolute atomic E-state index is 0.138. The number of benzene rings is 1. The molecule has 20 heavy (non-hydrogen) atoms. The Labute approximate surface area is 117 Å². The molecule has 0 aliphatic heterocycles. The van der Waals surface area contributed by atoms with Crippen molar-refractivity contribution in [3.63, 3.8) is 0 Å². The minimum Gasteiger partial charge on any atom is -0.299 e. The van der Waals surface area contributed by atoms with Gasteiger partial charge in [0.1, 0.15) is 11.5 Å². The predicted octanol–water partition coefficient (Wildman–Crippen LogP) is 4.37. The van der Waals surface area contributed by atoms with E-state index < -0.39 is 0 Å². The van der Waals surface area contributed by atoms with E-state index in [1.807, 2.05) is 35.9 Å². The molecule has 0 saturated heterocycles. The van der Waals surface area contributed by atoms with E-state index in [2.05, 4.69) is 24.9 Å². The fourth-order valence-corrected chi connectivity index (χ4v) is 2.57. The topological polar surface area (TPSA) is 17.3 Å². The van der Waals surface area contributed by atoms with Crippen LogP contribution < -0.4 is 0 Å². The molecular formula is C17H17FN2. The largest absolute Gasteiger partial charge is 0.299 e. The second kappa shape index (κ2) is 4.44. The third-order valence-corrected chi connectivity index (χ3v) is 4.05. The summed E-state index contributed by atoms with van der Waals surface area (Å²) < 4.78 is 16.1. The predicted molar refractivity (Wildman–Crippen MR) is 79.5 cm³/mol. The highest BCUT2D eigenvalue weighted by molar-refractivity contribution is 5.69. The van der Waals surface area contributed by atoms with E-state index in [0.717, 1.165) is 22.5 Å². The summed E-state index contributed by atoms with van der Waals surface area (Å²) >= 11 is 0. The maximum absolute atomic E-state index is 14.1. The summed E-state index contributed by atoms with van der Waals surface area (Å²) in [6, 6.07) is 5.85. The molecule has 0 fully saturated rings. The molecule has 0 spiro atoms. The Balaban J connectivity index is 2.31. The lowest BCUT2D eigenvalue weighted by Gasteiger charge is -2.10. The molecule has 0 bridgehead atoms. The number of aryl methyl sites for hydroxylation is 3. The first-order valence-corrected chi connectivity index (χ1v) is 6.70. The number of nitrogens with zero attached hydrogens (tertiary/aromatic N) is 2. The molecule has 3 rings (SSSR count). The molecule has 1 aromatic carbocycles. The van der Waals surface area contributed by atoms with Gasteiger partial charge in [-0.15, -0.1) is 0 Å². The van der Waals surface area contributed by atoms with Gasteiger partial charge in [0.05, 0.1) is 11.9 Å². The number of hydrogen-bond acceptors (Lipinski definition) is 1. The third-order valence-electron chi connectivity index (χ3n) is 4.05. The van der Waals surface area contributed by atoms with Gasteiger partial charge in [0.2, 0.25) is 0 Å². The number of pyridine rings is 1. The standard InChI is InChI=1S/C17H17FN2/c1-10-7-8-20-15(9-19-17(20)12(10)3)14-6-5-11(2)16(18)13(14)4/h5-9H,1-4H3. The van der Waals surface area contributed by atoms with Crippen molar-refractivity contribution in [3.05, 3.63) is 58.7 Å². The Morgan fingerprint density at radius 1 is 0.950 bits per heavy atom. The van der Waals surface area contributed by atoms with Gasteiger partial charge in [-0.05, 0) is 56.0 Å². The van der Waals surface area contributed by atoms with E-state index >= 15 is 0 Å². The van der Waals surface area contributed by atoms with Crippen LogP contribution in [-0.4, -0.2) is 9.38 Å². The number of halogens is 1. The summed E-state index contributed by atoms with van der Waals surface area (Å²) in [5.41, 5.74) is 6.46. The van der Waals surface area contributed by atoms with Crippen LogP contribution in [0.1, 0.15) is 22.3 Å². The van der Waals surface area contributed by atoms with E-state index in [0.29, 0.717) is 11.1 Å². The van der Waals surface area contributed by atoms with Gasteiger partial charge in [0.15, 0.2) is 0 Å². The zero-order chi connectivity index (χ0) is 14.4. The third kappa shape index (κ3) is 1.73. The van der Waals surface area contributed by atoms with Crippen LogP contribution in [0.3, 0.4) is 0 Å². The van der Waals surface area contributed by atoms with Crippen LogP contribution >= 0.6 is 0 Å². The van der Waals surface area contributed by atoms with Gasteiger partial charge in [-0.3, -0.25) is 4.40 Å². The molecule has 0 atom stereocenters. The fraction of sp³-hybridized carbons (Fsp3) is 0.235. The Hall–Kier alpha value is -2.16. The molecule has 0 aliphatic carbocycles. The molecule has 0 unspecified atom stereocenters. The van der Waals surface area contributed by atoms with E-state index in [9.17, 15) is 4.39 Å². The Morgan fingerprint density at radius 2 is 1.70 bits per heavy atom. The average Bonchev–Trinajstić information content (AvgIpc) is 2.85. The molecule has 0 aliphatic rings. The maximum Gasteiger partial charge on any atom is 0.140 e. The van der Waals surface area contributed by atoms with Crippen molar-refractivity contribution < 1.29 is 4.39 Å². The quantitative estimate of drug-likeness (QED) is 0.640. The normalized spacial score (nSPS) is 11.2. The molecule has 3 heteroatoms. The second-order valence-corrected chi connectivity index (χ2v) is 5.33. The molecule has 2 aromatic heterocycles. The molecule has 2 heterocycles. The number of rotatable bonds is 1. The Bertz CT molecular complexity index is 815. The van der Waals surface area contributed by atoms with Gasteiger partial charge < -0.3 is 0 Å². The van der Waals surface area contributed by atoms with Crippen LogP contribution in [0.4, 0.5) is 4.39 Å². The summed E-state index contributed by atoms with van der Waals surface area (Å²) in [5.74, 6) is -0.138. The van der Waals surface area contributed by atoms with Crippen molar-refractivity contribution in [2.24, 2.45) is 0 Å². The SMILES string of the molecule is Cc1ccc(-c2cnc3c(C)c(C)ccn23)c(C)c1F. The highest BCUT2D eigenvalue weighted by Gasteiger charge is 2.13. The van der Waals surface area contributed by atoms with Gasteiger partial charge in [0.25, 0.3) is 0 Å². The first kappa shape index (κ1) is 12.9. The zero-order valence-electron chi connectivity index (χ0n) is 12.2. The summed E-state index contributed by atoms with van der Waals surface area (Å²) in [5, 5.41) is 0. The Kier molecular flexibility index (Phi) is 2.85. The molecule has 0 saturated carbocycles. The van der Waals surface area contributed by atoms with Gasteiger partial charge >= 0.3 is 0 Å². The lowest BCUT2D eigenvalue weighted by atomic mass is 10.0. The molecule has 0 radical (unpaired) electrons. The molecule has 3 aromatic rings. The minimum atomic E-state index is -0.138. The molecule has 102 valence electrons. The van der Waals surface area contributed by atoms with Crippen LogP contribution in [0.15, 0.2) is 30.6 Å². The van der Waals surface area contributed by atoms with Crippen LogP contribution in [0.25, 0.3) is 16.9 Å². The van der Waals surface area contributed by atoms with Gasteiger partial charge in [-0.2, -0.15) is 0 Å². The van der Waals surface area contributed by atoms with Crippen molar-refractivity contribution in [2.75, 3.05) is 0 Å². The van der Waals surface area contributed by atoms with Crippen molar-refractivity contribution in [3.8, 4) is 11.3 Å². The highest BCUT2D eigenvalue weighted by atomic mass is 19.1. The molecule has 0 N–H and O–H groups in total. The van der Waals surface area contributed by atoms with Gasteiger partial charge in [-0.25, -0.2) is 9.37 Å². The van der Waals surface area contributed by atoms with Crippen molar-refractivity contribution in [1.82, 2.24) is 9.38 Å². The van der Waals surface area contributed by atoms with Crippen molar-refractivity contribution >= 4 is 5.65 Å². The van der Waals surface area contributed by atoms with Gasteiger partial charge in [0, 0.05) is 11.8 Å². The van der Waals surface area contributed by atoms with Crippen LogP contribution in [-0.2, 0) is 0 Å².